The Bertz CT molecular complexity index is 196. The molecule has 2 atom stereocenters. The van der Waals surface area contributed by atoms with Crippen molar-refractivity contribution < 1.29 is 9.53 Å². The topological polar surface area (TPSA) is 26.3 Å². The van der Waals surface area contributed by atoms with Crippen LogP contribution in [-0.2, 0) is 9.53 Å². The quantitative estimate of drug-likeness (QED) is 0.422. The van der Waals surface area contributed by atoms with E-state index in [9.17, 15) is 4.79 Å². The Labute approximate surface area is 93.6 Å². The minimum atomic E-state index is 0.000385. The Morgan fingerprint density at radius 2 is 2.15 bits per heavy atom. The molecule has 1 aliphatic rings. The summed E-state index contributed by atoms with van der Waals surface area (Å²) in [4.78, 5) is 11.6. The lowest BCUT2D eigenvalue weighted by Gasteiger charge is -2.37. The highest BCUT2D eigenvalue weighted by molar-refractivity contribution is 14.1. The van der Waals surface area contributed by atoms with Crippen molar-refractivity contribution in [1.82, 2.24) is 0 Å². The van der Waals surface area contributed by atoms with E-state index in [4.69, 9.17) is 4.74 Å². The van der Waals surface area contributed by atoms with Crippen molar-refractivity contribution in [3.63, 3.8) is 0 Å². The molecule has 0 saturated carbocycles. The minimum absolute atomic E-state index is 0.000385. The van der Waals surface area contributed by atoms with E-state index < -0.39 is 0 Å². The molecule has 0 aliphatic carbocycles. The maximum absolute atomic E-state index is 11.6. The van der Waals surface area contributed by atoms with Crippen LogP contribution in [0.4, 0.5) is 0 Å². The number of alkyl halides is 1. The van der Waals surface area contributed by atoms with E-state index in [1.165, 1.54) is 0 Å². The number of carbonyl (C=O) groups is 1. The molecule has 0 spiro atoms. The van der Waals surface area contributed by atoms with Crippen molar-refractivity contribution in [2.75, 3.05) is 11.0 Å². The Morgan fingerprint density at radius 1 is 1.54 bits per heavy atom. The zero-order valence-corrected chi connectivity index (χ0v) is 10.6. The smallest absolute Gasteiger partial charge is 0.309 e. The first-order chi connectivity index (χ1) is 5.96. The molecule has 1 saturated heterocycles. The standard InChI is InChI=1S/C10H17IO2/c1-10(2,3)8-7(6-11)4-5-13-9(8)12/h7-8H,4-6H2,1-3H3/t7-,8-/m0/s1. The van der Waals surface area contributed by atoms with E-state index in [2.05, 4.69) is 43.4 Å². The van der Waals surface area contributed by atoms with Crippen LogP contribution in [0.2, 0.25) is 0 Å². The van der Waals surface area contributed by atoms with Crippen molar-refractivity contribution in [2.45, 2.75) is 27.2 Å². The third-order valence-corrected chi connectivity index (χ3v) is 3.72. The fourth-order valence-corrected chi connectivity index (χ4v) is 2.94. The second-order valence-electron chi connectivity index (χ2n) is 4.71. The van der Waals surface area contributed by atoms with Crippen LogP contribution in [0.5, 0.6) is 0 Å². The number of ether oxygens (including phenoxy) is 1. The van der Waals surface area contributed by atoms with Crippen LogP contribution < -0.4 is 0 Å². The lowest BCUT2D eigenvalue weighted by Crippen LogP contribution is -2.41. The van der Waals surface area contributed by atoms with E-state index in [0.717, 1.165) is 10.8 Å². The molecular formula is C10H17IO2. The molecule has 1 aliphatic heterocycles. The van der Waals surface area contributed by atoms with E-state index in [0.29, 0.717) is 12.5 Å². The van der Waals surface area contributed by atoms with Crippen molar-refractivity contribution in [2.24, 2.45) is 17.3 Å². The number of esters is 1. The molecule has 0 aromatic rings. The molecule has 1 heterocycles. The molecule has 76 valence electrons. The van der Waals surface area contributed by atoms with Gasteiger partial charge >= 0.3 is 5.97 Å². The summed E-state index contributed by atoms with van der Waals surface area (Å²) in [6.07, 6.45) is 1.02. The predicted molar refractivity (Wildman–Crippen MR) is 60.9 cm³/mol. The first-order valence-electron chi connectivity index (χ1n) is 4.69. The molecule has 0 aromatic carbocycles. The highest BCUT2D eigenvalue weighted by Gasteiger charge is 2.40. The fourth-order valence-electron chi connectivity index (χ4n) is 1.99. The highest BCUT2D eigenvalue weighted by atomic mass is 127. The van der Waals surface area contributed by atoms with E-state index >= 15 is 0 Å². The SMILES string of the molecule is CC(C)(C)[C@@H]1C(=O)OCC[C@H]1CI. The summed E-state index contributed by atoms with van der Waals surface area (Å²) >= 11 is 2.36. The molecule has 0 radical (unpaired) electrons. The summed E-state index contributed by atoms with van der Waals surface area (Å²) in [7, 11) is 0. The summed E-state index contributed by atoms with van der Waals surface area (Å²) in [5.41, 5.74) is 0.0351. The summed E-state index contributed by atoms with van der Waals surface area (Å²) in [5.74, 6) is 0.584. The molecular weight excluding hydrogens is 279 g/mol. The molecule has 13 heavy (non-hydrogen) atoms. The molecule has 0 N–H and O–H groups in total. The highest BCUT2D eigenvalue weighted by Crippen LogP contribution is 2.38. The fraction of sp³-hybridized carbons (Fsp3) is 0.900. The molecule has 1 fully saturated rings. The summed E-state index contributed by atoms with van der Waals surface area (Å²) in [6.45, 7) is 6.95. The van der Waals surface area contributed by atoms with E-state index in [-0.39, 0.29) is 17.3 Å². The van der Waals surface area contributed by atoms with Gasteiger partial charge in [0.25, 0.3) is 0 Å². The minimum Gasteiger partial charge on any atom is -0.465 e. The molecule has 0 amide bonds. The summed E-state index contributed by atoms with van der Waals surface area (Å²) < 4.78 is 6.16. The van der Waals surface area contributed by atoms with Crippen molar-refractivity contribution >= 4 is 28.6 Å². The zero-order chi connectivity index (χ0) is 10.1. The zero-order valence-electron chi connectivity index (χ0n) is 8.47. The number of cyclic esters (lactones) is 1. The number of rotatable bonds is 1. The van der Waals surface area contributed by atoms with Gasteiger partial charge in [-0.05, 0) is 17.8 Å². The van der Waals surface area contributed by atoms with Gasteiger partial charge in [0, 0.05) is 4.43 Å². The van der Waals surface area contributed by atoms with Crippen molar-refractivity contribution in [3.05, 3.63) is 0 Å². The third kappa shape index (κ3) is 2.58. The first kappa shape index (κ1) is 11.3. The van der Waals surface area contributed by atoms with Gasteiger partial charge in [0.2, 0.25) is 0 Å². The maximum atomic E-state index is 11.6. The van der Waals surface area contributed by atoms with E-state index in [1.54, 1.807) is 0 Å². The molecule has 0 bridgehead atoms. The van der Waals surface area contributed by atoms with Crippen LogP contribution >= 0.6 is 22.6 Å². The molecule has 2 nitrogen and oxygen atoms in total. The molecule has 0 aromatic heterocycles. The van der Waals surface area contributed by atoms with Crippen LogP contribution in [0.15, 0.2) is 0 Å². The first-order valence-corrected chi connectivity index (χ1v) is 6.22. The van der Waals surface area contributed by atoms with Gasteiger partial charge < -0.3 is 4.74 Å². The van der Waals surface area contributed by atoms with Crippen LogP contribution in [0, 0.1) is 17.3 Å². The Hall–Kier alpha value is 0.200. The summed E-state index contributed by atoms with van der Waals surface area (Å²) in [5, 5.41) is 0. The number of hydrogen-bond acceptors (Lipinski definition) is 2. The normalized spacial score (nSPS) is 30.0. The molecule has 0 unspecified atom stereocenters. The van der Waals surface area contributed by atoms with Gasteiger partial charge in [-0.3, -0.25) is 4.79 Å². The lowest BCUT2D eigenvalue weighted by atomic mass is 9.72. The van der Waals surface area contributed by atoms with Gasteiger partial charge in [-0.1, -0.05) is 43.4 Å². The second kappa shape index (κ2) is 4.15. The largest absolute Gasteiger partial charge is 0.465 e. The molecule has 1 rings (SSSR count). The monoisotopic (exact) mass is 296 g/mol. The van der Waals surface area contributed by atoms with Crippen LogP contribution in [0.3, 0.4) is 0 Å². The lowest BCUT2D eigenvalue weighted by molar-refractivity contribution is -0.161. The van der Waals surface area contributed by atoms with Crippen LogP contribution in [0.25, 0.3) is 0 Å². The van der Waals surface area contributed by atoms with E-state index in [1.807, 2.05) is 0 Å². The van der Waals surface area contributed by atoms with Gasteiger partial charge in [-0.25, -0.2) is 0 Å². The summed E-state index contributed by atoms with van der Waals surface area (Å²) in [6, 6.07) is 0. The van der Waals surface area contributed by atoms with Crippen molar-refractivity contribution in [1.29, 1.82) is 0 Å². The van der Waals surface area contributed by atoms with Gasteiger partial charge in [-0.15, -0.1) is 0 Å². The van der Waals surface area contributed by atoms with Gasteiger partial charge in [-0.2, -0.15) is 0 Å². The number of carbonyl (C=O) groups excluding carboxylic acids is 1. The average Bonchev–Trinajstić information content (AvgIpc) is 2.01. The van der Waals surface area contributed by atoms with Gasteiger partial charge in [0.15, 0.2) is 0 Å². The predicted octanol–water partition coefficient (Wildman–Crippen LogP) is 2.65. The van der Waals surface area contributed by atoms with Gasteiger partial charge in [0.1, 0.15) is 0 Å². The van der Waals surface area contributed by atoms with Crippen LogP contribution in [-0.4, -0.2) is 17.0 Å². The molecule has 3 heteroatoms. The van der Waals surface area contributed by atoms with Crippen molar-refractivity contribution in [3.8, 4) is 0 Å². The van der Waals surface area contributed by atoms with Gasteiger partial charge in [0.05, 0.1) is 12.5 Å². The Morgan fingerprint density at radius 3 is 2.54 bits per heavy atom. The van der Waals surface area contributed by atoms with Crippen LogP contribution in [0.1, 0.15) is 27.2 Å². The third-order valence-electron chi connectivity index (χ3n) is 2.59. The maximum Gasteiger partial charge on any atom is 0.309 e. The number of halogens is 1. The Kier molecular flexibility index (Phi) is 3.60. The average molecular weight is 296 g/mol. The second-order valence-corrected chi connectivity index (χ2v) is 5.60. The Balaban J connectivity index is 2.80. The number of hydrogen-bond donors (Lipinski definition) is 0.